The Bertz CT molecular complexity index is 420. The summed E-state index contributed by atoms with van der Waals surface area (Å²) in [5.41, 5.74) is 1.41. The van der Waals surface area contributed by atoms with E-state index in [1.807, 2.05) is 6.26 Å². The van der Waals surface area contributed by atoms with Crippen molar-refractivity contribution in [1.29, 1.82) is 0 Å². The van der Waals surface area contributed by atoms with Gasteiger partial charge < -0.3 is 14.6 Å². The standard InChI is InChI=1S/C17H28N2O/c1-3-19-10-7-14(8-11-19)13(2)18-16-5-4-6-17-15(16)9-12-20-17/h9,12-14,16,18H,3-8,10-11H2,1-2H3. The first kappa shape index (κ1) is 14.2. The molecular formula is C17H28N2O. The number of piperidine rings is 1. The van der Waals surface area contributed by atoms with Crippen molar-refractivity contribution in [2.45, 2.75) is 58.0 Å². The van der Waals surface area contributed by atoms with Crippen LogP contribution in [-0.2, 0) is 6.42 Å². The monoisotopic (exact) mass is 276 g/mol. The largest absolute Gasteiger partial charge is 0.469 e. The Hall–Kier alpha value is -0.800. The minimum absolute atomic E-state index is 0.511. The molecule has 0 spiro atoms. The van der Waals surface area contributed by atoms with Gasteiger partial charge in [-0.3, -0.25) is 0 Å². The third-order valence-electron chi connectivity index (χ3n) is 5.30. The quantitative estimate of drug-likeness (QED) is 0.914. The minimum atomic E-state index is 0.511. The summed E-state index contributed by atoms with van der Waals surface area (Å²) in [5, 5.41) is 3.89. The van der Waals surface area contributed by atoms with Gasteiger partial charge in [0.05, 0.1) is 6.26 Å². The average molecular weight is 276 g/mol. The minimum Gasteiger partial charge on any atom is -0.469 e. The number of hydrogen-bond donors (Lipinski definition) is 1. The van der Waals surface area contributed by atoms with E-state index in [1.54, 1.807) is 0 Å². The van der Waals surface area contributed by atoms with E-state index in [2.05, 4.69) is 30.1 Å². The molecule has 1 aliphatic carbocycles. The second kappa shape index (κ2) is 6.31. The van der Waals surface area contributed by atoms with Crippen LogP contribution in [-0.4, -0.2) is 30.6 Å². The molecule has 3 rings (SSSR count). The summed E-state index contributed by atoms with van der Waals surface area (Å²) in [5.74, 6) is 2.04. The molecule has 2 heterocycles. The molecule has 0 saturated carbocycles. The van der Waals surface area contributed by atoms with Crippen LogP contribution in [0.3, 0.4) is 0 Å². The van der Waals surface area contributed by atoms with Crippen LogP contribution in [0.25, 0.3) is 0 Å². The third-order valence-corrected chi connectivity index (χ3v) is 5.30. The summed E-state index contributed by atoms with van der Waals surface area (Å²) in [6.45, 7) is 8.39. The molecule has 3 heteroatoms. The Balaban J connectivity index is 1.56. The Labute approximate surface area is 122 Å². The van der Waals surface area contributed by atoms with Gasteiger partial charge in [-0.2, -0.15) is 0 Å². The average Bonchev–Trinajstić information content (AvgIpc) is 2.97. The van der Waals surface area contributed by atoms with Gasteiger partial charge in [0.2, 0.25) is 0 Å². The molecule has 20 heavy (non-hydrogen) atoms. The van der Waals surface area contributed by atoms with Crippen molar-refractivity contribution in [3.8, 4) is 0 Å². The summed E-state index contributed by atoms with van der Waals surface area (Å²) in [4.78, 5) is 2.57. The lowest BCUT2D eigenvalue weighted by Crippen LogP contribution is -2.43. The van der Waals surface area contributed by atoms with Crippen LogP contribution in [0.1, 0.15) is 56.9 Å². The molecule has 2 atom stereocenters. The maximum absolute atomic E-state index is 5.60. The van der Waals surface area contributed by atoms with Crippen LogP contribution in [0.5, 0.6) is 0 Å². The lowest BCUT2D eigenvalue weighted by Gasteiger charge is -2.36. The molecule has 2 unspecified atom stereocenters. The fourth-order valence-corrected chi connectivity index (χ4v) is 3.88. The number of fused-ring (bicyclic) bond motifs is 1. The van der Waals surface area contributed by atoms with Crippen molar-refractivity contribution in [2.24, 2.45) is 5.92 Å². The molecule has 1 aromatic heterocycles. The highest BCUT2D eigenvalue weighted by molar-refractivity contribution is 5.24. The van der Waals surface area contributed by atoms with E-state index in [9.17, 15) is 0 Å². The van der Waals surface area contributed by atoms with Crippen LogP contribution in [0.4, 0.5) is 0 Å². The van der Waals surface area contributed by atoms with Crippen molar-refractivity contribution in [3.05, 3.63) is 23.7 Å². The Kier molecular flexibility index (Phi) is 4.47. The summed E-state index contributed by atoms with van der Waals surface area (Å²) >= 11 is 0. The molecule has 1 saturated heterocycles. The number of nitrogens with zero attached hydrogens (tertiary/aromatic N) is 1. The zero-order valence-corrected chi connectivity index (χ0v) is 12.9. The number of aryl methyl sites for hydroxylation is 1. The molecule has 0 amide bonds. The second-order valence-electron chi connectivity index (χ2n) is 6.47. The number of nitrogens with one attached hydrogen (secondary N) is 1. The zero-order valence-electron chi connectivity index (χ0n) is 12.9. The molecule has 1 aliphatic heterocycles. The smallest absolute Gasteiger partial charge is 0.108 e. The van der Waals surface area contributed by atoms with Crippen LogP contribution in [0.2, 0.25) is 0 Å². The molecule has 1 aromatic rings. The highest BCUT2D eigenvalue weighted by Crippen LogP contribution is 2.32. The maximum Gasteiger partial charge on any atom is 0.108 e. The van der Waals surface area contributed by atoms with E-state index >= 15 is 0 Å². The van der Waals surface area contributed by atoms with E-state index < -0.39 is 0 Å². The molecule has 112 valence electrons. The fourth-order valence-electron chi connectivity index (χ4n) is 3.88. The summed E-state index contributed by atoms with van der Waals surface area (Å²) < 4.78 is 5.60. The summed E-state index contributed by atoms with van der Waals surface area (Å²) in [6.07, 6.45) is 8.16. The predicted molar refractivity (Wildman–Crippen MR) is 81.8 cm³/mol. The van der Waals surface area contributed by atoms with Gasteiger partial charge in [-0.1, -0.05) is 6.92 Å². The summed E-state index contributed by atoms with van der Waals surface area (Å²) in [6, 6.07) is 3.29. The van der Waals surface area contributed by atoms with E-state index in [-0.39, 0.29) is 0 Å². The first-order chi connectivity index (χ1) is 9.78. The fraction of sp³-hybridized carbons (Fsp3) is 0.765. The van der Waals surface area contributed by atoms with Crippen molar-refractivity contribution >= 4 is 0 Å². The van der Waals surface area contributed by atoms with Gasteiger partial charge in [-0.05, 0) is 64.2 Å². The highest BCUT2D eigenvalue weighted by atomic mass is 16.3. The summed E-state index contributed by atoms with van der Waals surface area (Å²) in [7, 11) is 0. The number of furan rings is 1. The molecule has 0 aromatic carbocycles. The van der Waals surface area contributed by atoms with Gasteiger partial charge in [0.15, 0.2) is 0 Å². The lowest BCUT2D eigenvalue weighted by molar-refractivity contribution is 0.162. The van der Waals surface area contributed by atoms with Crippen LogP contribution >= 0.6 is 0 Å². The Morgan fingerprint density at radius 3 is 2.90 bits per heavy atom. The number of rotatable bonds is 4. The Morgan fingerprint density at radius 2 is 2.15 bits per heavy atom. The van der Waals surface area contributed by atoms with Gasteiger partial charge in [0.1, 0.15) is 5.76 Å². The van der Waals surface area contributed by atoms with Crippen LogP contribution in [0.15, 0.2) is 16.7 Å². The van der Waals surface area contributed by atoms with Gasteiger partial charge in [-0.15, -0.1) is 0 Å². The molecule has 0 radical (unpaired) electrons. The van der Waals surface area contributed by atoms with Gasteiger partial charge in [0.25, 0.3) is 0 Å². The predicted octanol–water partition coefficient (Wildman–Crippen LogP) is 3.37. The number of hydrogen-bond acceptors (Lipinski definition) is 3. The molecule has 2 aliphatic rings. The van der Waals surface area contributed by atoms with E-state index in [0.29, 0.717) is 12.1 Å². The van der Waals surface area contributed by atoms with E-state index in [1.165, 1.54) is 56.6 Å². The van der Waals surface area contributed by atoms with Gasteiger partial charge in [0, 0.05) is 24.1 Å². The molecule has 1 fully saturated rings. The van der Waals surface area contributed by atoms with E-state index in [4.69, 9.17) is 4.42 Å². The number of likely N-dealkylation sites (tertiary alicyclic amines) is 1. The lowest BCUT2D eigenvalue weighted by atomic mass is 9.87. The van der Waals surface area contributed by atoms with Crippen molar-refractivity contribution in [1.82, 2.24) is 10.2 Å². The maximum atomic E-state index is 5.60. The molecular weight excluding hydrogens is 248 g/mol. The van der Waals surface area contributed by atoms with Crippen molar-refractivity contribution in [3.63, 3.8) is 0 Å². The van der Waals surface area contributed by atoms with E-state index in [0.717, 1.165) is 12.3 Å². The van der Waals surface area contributed by atoms with Crippen molar-refractivity contribution < 1.29 is 4.42 Å². The van der Waals surface area contributed by atoms with Crippen LogP contribution < -0.4 is 5.32 Å². The third kappa shape index (κ3) is 2.94. The molecule has 0 bridgehead atoms. The van der Waals surface area contributed by atoms with Gasteiger partial charge >= 0.3 is 0 Å². The SMILES string of the molecule is CCN1CCC(C(C)NC2CCCc3occc32)CC1. The Morgan fingerprint density at radius 1 is 1.35 bits per heavy atom. The van der Waals surface area contributed by atoms with Crippen molar-refractivity contribution in [2.75, 3.05) is 19.6 Å². The van der Waals surface area contributed by atoms with Crippen LogP contribution in [0, 0.1) is 5.92 Å². The first-order valence-corrected chi connectivity index (χ1v) is 8.32. The normalized spacial score (nSPS) is 26.4. The second-order valence-corrected chi connectivity index (χ2v) is 6.47. The zero-order chi connectivity index (χ0) is 13.9. The van der Waals surface area contributed by atoms with Gasteiger partial charge in [-0.25, -0.2) is 0 Å². The molecule has 1 N–H and O–H groups in total. The first-order valence-electron chi connectivity index (χ1n) is 8.32. The topological polar surface area (TPSA) is 28.4 Å². The molecule has 3 nitrogen and oxygen atoms in total. The highest BCUT2D eigenvalue weighted by Gasteiger charge is 2.28.